The van der Waals surface area contributed by atoms with Gasteiger partial charge in [-0.2, -0.15) is 0 Å². The lowest BCUT2D eigenvalue weighted by atomic mass is 9.92. The molecule has 2 aromatic carbocycles. The predicted octanol–water partition coefficient (Wildman–Crippen LogP) is 5.52. The Balaban J connectivity index is 2.10. The van der Waals surface area contributed by atoms with Crippen molar-refractivity contribution in [3.8, 4) is 11.1 Å². The van der Waals surface area contributed by atoms with E-state index in [1.165, 1.54) is 12.1 Å². The molecule has 2 nitrogen and oxygen atoms in total. The van der Waals surface area contributed by atoms with Crippen LogP contribution in [0.3, 0.4) is 0 Å². The summed E-state index contributed by atoms with van der Waals surface area (Å²) in [4.78, 5) is 16.1. The molecule has 4 rings (SSSR count). The lowest BCUT2D eigenvalue weighted by molar-refractivity contribution is -0.104. The van der Waals surface area contributed by atoms with E-state index < -0.39 is 0 Å². The number of rotatable bonds is 4. The predicted molar refractivity (Wildman–Crippen MR) is 98.8 cm³/mol. The van der Waals surface area contributed by atoms with Crippen molar-refractivity contribution >= 4 is 23.3 Å². The zero-order valence-electron chi connectivity index (χ0n) is 14.0. The molecule has 1 heterocycles. The van der Waals surface area contributed by atoms with E-state index in [2.05, 4.69) is 0 Å². The number of pyridine rings is 1. The van der Waals surface area contributed by atoms with Crippen molar-refractivity contribution in [3.05, 3.63) is 71.2 Å². The van der Waals surface area contributed by atoms with E-state index >= 15 is 0 Å². The summed E-state index contributed by atoms with van der Waals surface area (Å²) in [5.74, 6) is 0.181. The lowest BCUT2D eigenvalue weighted by Gasteiger charge is -2.16. The number of allylic oxidation sites excluding steroid dienone is 1. The van der Waals surface area contributed by atoms with Crippen LogP contribution in [0.25, 0.3) is 28.1 Å². The number of hydrogen-bond donors (Lipinski definition) is 0. The summed E-state index contributed by atoms with van der Waals surface area (Å²) < 4.78 is 13.4. The molecule has 0 saturated heterocycles. The first-order valence-electron chi connectivity index (χ1n) is 8.49. The molecule has 25 heavy (non-hydrogen) atoms. The second kappa shape index (κ2) is 6.25. The first-order chi connectivity index (χ1) is 12.2. The maximum absolute atomic E-state index is 13.4. The van der Waals surface area contributed by atoms with Crippen LogP contribution in [0, 0.1) is 5.82 Å². The second-order valence-corrected chi connectivity index (χ2v) is 6.59. The fourth-order valence-corrected chi connectivity index (χ4v) is 3.25. The van der Waals surface area contributed by atoms with Gasteiger partial charge in [-0.1, -0.05) is 30.3 Å². The van der Waals surface area contributed by atoms with Crippen molar-refractivity contribution in [2.75, 3.05) is 0 Å². The van der Waals surface area contributed by atoms with Gasteiger partial charge in [0, 0.05) is 22.4 Å². The monoisotopic (exact) mass is 331 g/mol. The molecule has 3 aromatic rings. The van der Waals surface area contributed by atoms with E-state index in [-0.39, 0.29) is 5.82 Å². The van der Waals surface area contributed by atoms with Gasteiger partial charge in [-0.15, -0.1) is 0 Å². The fourth-order valence-electron chi connectivity index (χ4n) is 3.25. The van der Waals surface area contributed by atoms with Crippen molar-refractivity contribution < 1.29 is 9.18 Å². The summed E-state index contributed by atoms with van der Waals surface area (Å²) in [6.45, 7) is 1.80. The van der Waals surface area contributed by atoms with E-state index in [1.54, 1.807) is 19.1 Å². The Hall–Kier alpha value is -2.81. The van der Waals surface area contributed by atoms with Gasteiger partial charge in [0.05, 0.1) is 11.2 Å². The maximum atomic E-state index is 13.4. The SMILES string of the molecule is C/C(C=O)=C\c1c(C2CC2)nc2ccccc2c1-c1ccc(F)cc1. The zero-order chi connectivity index (χ0) is 17.4. The molecule has 0 amide bonds. The molecule has 1 aromatic heterocycles. The van der Waals surface area contributed by atoms with Gasteiger partial charge in [0.2, 0.25) is 0 Å². The summed E-state index contributed by atoms with van der Waals surface area (Å²) in [5.41, 5.74) is 5.57. The third-order valence-electron chi connectivity index (χ3n) is 4.61. The van der Waals surface area contributed by atoms with E-state index in [0.29, 0.717) is 11.5 Å². The van der Waals surface area contributed by atoms with Gasteiger partial charge < -0.3 is 0 Å². The fraction of sp³-hybridized carbons (Fsp3) is 0.182. The highest BCUT2D eigenvalue weighted by Crippen LogP contribution is 2.45. The normalized spacial score (nSPS) is 14.7. The van der Waals surface area contributed by atoms with Crippen LogP contribution in [0.15, 0.2) is 54.1 Å². The maximum Gasteiger partial charge on any atom is 0.145 e. The smallest absolute Gasteiger partial charge is 0.145 e. The van der Waals surface area contributed by atoms with Gasteiger partial charge in [0.25, 0.3) is 0 Å². The van der Waals surface area contributed by atoms with Gasteiger partial charge in [0.1, 0.15) is 12.1 Å². The molecule has 1 aliphatic rings. The Morgan fingerprint density at radius 1 is 1.12 bits per heavy atom. The van der Waals surface area contributed by atoms with Crippen LogP contribution in [0.1, 0.15) is 36.9 Å². The molecule has 0 aliphatic heterocycles. The second-order valence-electron chi connectivity index (χ2n) is 6.59. The number of hydrogen-bond acceptors (Lipinski definition) is 2. The average Bonchev–Trinajstić information content (AvgIpc) is 3.47. The van der Waals surface area contributed by atoms with Gasteiger partial charge in [0.15, 0.2) is 0 Å². The Kier molecular flexibility index (Phi) is 3.92. The Morgan fingerprint density at radius 2 is 1.84 bits per heavy atom. The molecule has 124 valence electrons. The molecule has 1 saturated carbocycles. The molecule has 0 atom stereocenters. The summed E-state index contributed by atoms with van der Waals surface area (Å²) >= 11 is 0. The third-order valence-corrected chi connectivity index (χ3v) is 4.61. The molecule has 1 fully saturated rings. The molecule has 0 spiro atoms. The van der Waals surface area contributed by atoms with Gasteiger partial charge in [-0.3, -0.25) is 9.78 Å². The Bertz CT molecular complexity index is 985. The highest BCUT2D eigenvalue weighted by atomic mass is 19.1. The largest absolute Gasteiger partial charge is 0.298 e. The van der Waals surface area contributed by atoms with Crippen LogP contribution in [0.5, 0.6) is 0 Å². The van der Waals surface area contributed by atoms with Crippen molar-refractivity contribution in [3.63, 3.8) is 0 Å². The topological polar surface area (TPSA) is 30.0 Å². The Morgan fingerprint density at radius 3 is 2.52 bits per heavy atom. The number of carbonyl (C=O) groups is 1. The van der Waals surface area contributed by atoms with Gasteiger partial charge in [-0.25, -0.2) is 4.39 Å². The molecule has 0 bridgehead atoms. The van der Waals surface area contributed by atoms with Crippen molar-refractivity contribution in [1.29, 1.82) is 0 Å². The van der Waals surface area contributed by atoms with Crippen LogP contribution in [-0.2, 0) is 4.79 Å². The number of benzene rings is 2. The first kappa shape index (κ1) is 15.7. The number of halogens is 1. The molecule has 0 radical (unpaired) electrons. The number of aromatic nitrogens is 1. The first-order valence-corrected chi connectivity index (χ1v) is 8.49. The highest BCUT2D eigenvalue weighted by molar-refractivity contribution is 6.00. The molecule has 1 aliphatic carbocycles. The van der Waals surface area contributed by atoms with Crippen LogP contribution in [0.4, 0.5) is 4.39 Å². The number of aldehydes is 1. The standard InChI is InChI=1S/C22H18FNO/c1-14(13-25)12-19-21(15-8-10-17(23)11-9-15)18-4-2-3-5-20(18)24-22(19)16-6-7-16/h2-5,8-13,16H,6-7H2,1H3/b14-12+. The summed E-state index contributed by atoms with van der Waals surface area (Å²) in [7, 11) is 0. The number of para-hydroxylation sites is 1. The number of fused-ring (bicyclic) bond motifs is 1. The molecule has 0 N–H and O–H groups in total. The number of nitrogens with zero attached hydrogens (tertiary/aromatic N) is 1. The van der Waals surface area contributed by atoms with E-state index in [0.717, 1.165) is 52.4 Å². The van der Waals surface area contributed by atoms with Crippen molar-refractivity contribution in [1.82, 2.24) is 4.98 Å². The Labute approximate surface area is 146 Å². The van der Waals surface area contributed by atoms with Crippen LogP contribution >= 0.6 is 0 Å². The summed E-state index contributed by atoms with van der Waals surface area (Å²) in [6, 6.07) is 14.5. The number of carbonyl (C=O) groups excluding carboxylic acids is 1. The van der Waals surface area contributed by atoms with Crippen molar-refractivity contribution in [2.45, 2.75) is 25.7 Å². The van der Waals surface area contributed by atoms with Crippen LogP contribution in [-0.4, -0.2) is 11.3 Å². The van der Waals surface area contributed by atoms with E-state index in [4.69, 9.17) is 4.98 Å². The molecule has 3 heteroatoms. The highest BCUT2D eigenvalue weighted by Gasteiger charge is 2.29. The molecular formula is C22H18FNO. The van der Waals surface area contributed by atoms with Crippen molar-refractivity contribution in [2.24, 2.45) is 0 Å². The minimum atomic E-state index is -0.259. The summed E-state index contributed by atoms with van der Waals surface area (Å²) in [5, 5.41) is 1.02. The van der Waals surface area contributed by atoms with Crippen LogP contribution < -0.4 is 0 Å². The van der Waals surface area contributed by atoms with E-state index in [1.807, 2.05) is 30.3 Å². The van der Waals surface area contributed by atoms with Gasteiger partial charge >= 0.3 is 0 Å². The molecular weight excluding hydrogens is 313 g/mol. The average molecular weight is 331 g/mol. The lowest BCUT2D eigenvalue weighted by Crippen LogP contribution is -1.99. The minimum absolute atomic E-state index is 0.259. The summed E-state index contributed by atoms with van der Waals surface area (Å²) in [6.07, 6.45) is 5.02. The minimum Gasteiger partial charge on any atom is -0.298 e. The molecule has 0 unspecified atom stereocenters. The zero-order valence-corrected chi connectivity index (χ0v) is 14.0. The van der Waals surface area contributed by atoms with E-state index in [9.17, 15) is 9.18 Å². The quantitative estimate of drug-likeness (QED) is 0.465. The third kappa shape index (κ3) is 2.98. The van der Waals surface area contributed by atoms with Gasteiger partial charge in [-0.05, 0) is 55.2 Å². The van der Waals surface area contributed by atoms with Crippen LogP contribution in [0.2, 0.25) is 0 Å².